The molecule has 0 bridgehead atoms. The van der Waals surface area contributed by atoms with Crippen molar-refractivity contribution in [1.29, 1.82) is 0 Å². The van der Waals surface area contributed by atoms with Crippen LogP contribution in [0.4, 0.5) is 0 Å². The Kier molecular flexibility index (Phi) is 6.90. The molecule has 246 valence electrons. The Balaban J connectivity index is 1.43. The van der Waals surface area contributed by atoms with Crippen LogP contribution < -0.4 is 5.43 Å². The smallest absolute Gasteiger partial charge is 0.276 e. The molecule has 3 aromatic carbocycles. The fourth-order valence-corrected chi connectivity index (χ4v) is 6.99. The van der Waals surface area contributed by atoms with E-state index in [-0.39, 0.29) is 52.2 Å². The van der Waals surface area contributed by atoms with Crippen molar-refractivity contribution >= 4 is 55.4 Å². The van der Waals surface area contributed by atoms with E-state index in [9.17, 15) is 45.3 Å². The largest absolute Gasteiger partial charge is 0.508 e. The van der Waals surface area contributed by atoms with Gasteiger partial charge in [-0.25, -0.2) is 10.4 Å². The van der Waals surface area contributed by atoms with E-state index >= 15 is 0 Å². The Labute approximate surface area is 269 Å². The lowest BCUT2D eigenvalue weighted by molar-refractivity contribution is -0.249. The zero-order valence-corrected chi connectivity index (χ0v) is 24.9. The van der Waals surface area contributed by atoms with E-state index in [1.54, 1.807) is 30.3 Å². The lowest BCUT2D eigenvalue weighted by Gasteiger charge is -2.41. The molecule has 0 unspecified atom stereocenters. The first-order chi connectivity index (χ1) is 23.1. The number of aliphatic hydroxyl groups is 5. The number of pyridine rings is 1. The predicted octanol–water partition coefficient (Wildman–Crippen LogP) is 1.00. The second-order valence-corrected chi connectivity index (χ2v) is 11.9. The van der Waals surface area contributed by atoms with E-state index in [4.69, 9.17) is 4.74 Å². The average Bonchev–Trinajstić information content (AvgIpc) is 3.69. The van der Waals surface area contributed by atoms with Crippen molar-refractivity contribution in [2.45, 2.75) is 43.8 Å². The summed E-state index contributed by atoms with van der Waals surface area (Å²) in [5, 5.41) is 75.3. The number of ether oxygens (including phenoxy) is 1. The van der Waals surface area contributed by atoms with Crippen LogP contribution in [0.1, 0.15) is 38.3 Å². The summed E-state index contributed by atoms with van der Waals surface area (Å²) >= 11 is 0. The van der Waals surface area contributed by atoms with Gasteiger partial charge in [0.25, 0.3) is 11.8 Å². The number of hydrazine groups is 1. The van der Waals surface area contributed by atoms with Crippen LogP contribution in [0, 0.1) is 0 Å². The van der Waals surface area contributed by atoms with Crippen molar-refractivity contribution in [2.24, 2.45) is 0 Å². The Hall–Kier alpha value is -5.13. The van der Waals surface area contributed by atoms with Crippen LogP contribution in [0.2, 0.25) is 0 Å². The molecule has 2 amide bonds. The van der Waals surface area contributed by atoms with E-state index < -0.39 is 49.1 Å². The number of carbonyl (C=O) groups is 2. The number of H-pyrrole nitrogens is 1. The molecule has 3 aromatic heterocycles. The van der Waals surface area contributed by atoms with Gasteiger partial charge in [0, 0.05) is 33.7 Å². The predicted molar refractivity (Wildman–Crippen MR) is 169 cm³/mol. The fraction of sp³-hybridized carbons (Fsp3) is 0.242. The number of aromatic amines is 1. The molecule has 9 N–H and O–H groups in total. The minimum Gasteiger partial charge on any atom is -0.508 e. The first-order valence-corrected chi connectivity index (χ1v) is 15.1. The Bertz CT molecular complexity index is 2310. The molecule has 0 spiro atoms. The highest BCUT2D eigenvalue weighted by atomic mass is 16.6. The molecule has 8 rings (SSSR count). The molecule has 2 aliphatic rings. The number of amides is 2. The van der Waals surface area contributed by atoms with Gasteiger partial charge >= 0.3 is 0 Å². The van der Waals surface area contributed by atoms with Gasteiger partial charge in [-0.3, -0.25) is 14.6 Å². The molecule has 15 nitrogen and oxygen atoms in total. The van der Waals surface area contributed by atoms with Gasteiger partial charge in [-0.1, -0.05) is 6.07 Å². The molecule has 2 aliphatic heterocycles. The SMILES string of the molecule is O=C1c2c(c3c4ccc(O)cc4n([C@@H]4O[C@H](CO)[C@@H](O)[C@H](O)[C@H]4O)c3c3[nH]c4cc(O)ccc4c23)C(=O)N1NCc1cccc(CO)n1. The zero-order chi connectivity index (χ0) is 33.6. The van der Waals surface area contributed by atoms with E-state index in [1.807, 2.05) is 0 Å². The van der Waals surface area contributed by atoms with Crippen molar-refractivity contribution in [1.82, 2.24) is 25.0 Å². The third kappa shape index (κ3) is 4.23. The molecule has 5 atom stereocenters. The molecule has 48 heavy (non-hydrogen) atoms. The number of fused-ring (bicyclic) bond motifs is 10. The quantitative estimate of drug-likeness (QED) is 0.114. The van der Waals surface area contributed by atoms with Crippen LogP contribution in [-0.4, -0.2) is 98.1 Å². The highest BCUT2D eigenvalue weighted by Gasteiger charge is 2.47. The molecular weight excluding hydrogens is 626 g/mol. The summed E-state index contributed by atoms with van der Waals surface area (Å²) in [4.78, 5) is 36.2. The molecule has 5 heterocycles. The topological polar surface area (TPSA) is 234 Å². The second-order valence-electron chi connectivity index (χ2n) is 11.9. The maximum atomic E-state index is 14.4. The summed E-state index contributed by atoms with van der Waals surface area (Å²) in [6.45, 7) is -1.02. The van der Waals surface area contributed by atoms with Gasteiger partial charge in [-0.15, -0.1) is 0 Å². The van der Waals surface area contributed by atoms with E-state index in [1.165, 1.54) is 28.8 Å². The second kappa shape index (κ2) is 11.0. The van der Waals surface area contributed by atoms with Crippen molar-refractivity contribution in [2.75, 3.05) is 6.61 Å². The highest BCUT2D eigenvalue weighted by molar-refractivity contribution is 6.39. The Morgan fingerprint density at radius 3 is 2.25 bits per heavy atom. The Morgan fingerprint density at radius 1 is 0.833 bits per heavy atom. The van der Waals surface area contributed by atoms with Crippen molar-refractivity contribution in [3.8, 4) is 11.5 Å². The Morgan fingerprint density at radius 2 is 1.52 bits per heavy atom. The number of aliphatic hydroxyl groups excluding tert-OH is 5. The number of aromatic nitrogens is 3. The average molecular weight is 656 g/mol. The highest BCUT2D eigenvalue weighted by Crippen LogP contribution is 2.47. The minimum absolute atomic E-state index is 0.0140. The summed E-state index contributed by atoms with van der Waals surface area (Å²) in [7, 11) is 0. The van der Waals surface area contributed by atoms with Crippen LogP contribution in [-0.2, 0) is 17.9 Å². The number of hydrogen-bond acceptors (Lipinski definition) is 12. The third-order valence-corrected chi connectivity index (χ3v) is 9.16. The van der Waals surface area contributed by atoms with Gasteiger partial charge in [0.05, 0.1) is 64.3 Å². The monoisotopic (exact) mass is 655 g/mol. The maximum Gasteiger partial charge on any atom is 0.276 e. The fourth-order valence-electron chi connectivity index (χ4n) is 6.99. The standard InChI is InChI=1S/C33H29N5O10/c39-11-14-3-1-2-13(35-14)10-34-38-31(46)24-22-17-6-4-15(41)8-19(17)36-26(22)27-23(25(24)32(38)47)18-7-5-16(42)9-20(18)37(27)33-30(45)29(44)28(43)21(12-40)48-33/h1-9,21,28-30,33-34,36,39-45H,10-12H2/t21-,28-,29+,30-,33-/m1/s1. The summed E-state index contributed by atoms with van der Waals surface area (Å²) in [5.41, 5.74) is 5.06. The maximum absolute atomic E-state index is 14.4. The summed E-state index contributed by atoms with van der Waals surface area (Å²) in [6.07, 6.45) is -7.85. The van der Waals surface area contributed by atoms with Gasteiger partial charge in [-0.2, -0.15) is 0 Å². The van der Waals surface area contributed by atoms with E-state index in [0.717, 1.165) is 5.01 Å². The number of benzene rings is 3. The number of phenolic OH excluding ortho intramolecular Hbond substituents is 2. The van der Waals surface area contributed by atoms with Gasteiger partial charge < -0.3 is 50.0 Å². The zero-order valence-electron chi connectivity index (χ0n) is 24.9. The van der Waals surface area contributed by atoms with Crippen LogP contribution in [0.5, 0.6) is 11.5 Å². The first-order valence-electron chi connectivity index (χ1n) is 15.1. The number of imide groups is 1. The number of carbonyl (C=O) groups excluding carboxylic acids is 2. The molecule has 6 aromatic rings. The van der Waals surface area contributed by atoms with Crippen molar-refractivity contribution < 1.29 is 50.1 Å². The first kappa shape index (κ1) is 30.2. The normalized spacial score (nSPS) is 22.9. The molecule has 0 aliphatic carbocycles. The number of nitrogens with one attached hydrogen (secondary N) is 2. The van der Waals surface area contributed by atoms with Crippen LogP contribution in [0.25, 0.3) is 43.6 Å². The van der Waals surface area contributed by atoms with Crippen LogP contribution >= 0.6 is 0 Å². The van der Waals surface area contributed by atoms with Gasteiger partial charge in [-0.05, 0) is 36.4 Å². The number of nitrogens with zero attached hydrogens (tertiary/aromatic N) is 3. The van der Waals surface area contributed by atoms with E-state index in [0.29, 0.717) is 38.6 Å². The molecular formula is C33H29N5O10. The summed E-state index contributed by atoms with van der Waals surface area (Å²) in [5.74, 6) is -1.60. The van der Waals surface area contributed by atoms with Gasteiger partial charge in [0.2, 0.25) is 0 Å². The lowest BCUT2D eigenvalue weighted by atomic mass is 9.96. The third-order valence-electron chi connectivity index (χ3n) is 9.16. The van der Waals surface area contributed by atoms with Gasteiger partial charge in [0.15, 0.2) is 6.23 Å². The number of phenols is 2. The summed E-state index contributed by atoms with van der Waals surface area (Å²) < 4.78 is 7.45. The lowest BCUT2D eigenvalue weighted by Crippen LogP contribution is -2.56. The van der Waals surface area contributed by atoms with Crippen molar-refractivity contribution in [3.63, 3.8) is 0 Å². The van der Waals surface area contributed by atoms with Gasteiger partial charge in [0.1, 0.15) is 35.9 Å². The number of rotatable bonds is 6. The molecule has 0 saturated carbocycles. The summed E-state index contributed by atoms with van der Waals surface area (Å²) in [6, 6.07) is 13.8. The molecule has 1 saturated heterocycles. The van der Waals surface area contributed by atoms with Crippen LogP contribution in [0.3, 0.4) is 0 Å². The molecule has 15 heteroatoms. The minimum atomic E-state index is -1.74. The van der Waals surface area contributed by atoms with Crippen LogP contribution in [0.15, 0.2) is 54.6 Å². The van der Waals surface area contributed by atoms with E-state index in [2.05, 4.69) is 15.4 Å². The number of aromatic hydroxyl groups is 2. The molecule has 1 fully saturated rings. The number of hydrogen-bond donors (Lipinski definition) is 9. The van der Waals surface area contributed by atoms with Crippen molar-refractivity contribution in [3.05, 3.63) is 77.1 Å². The molecule has 0 radical (unpaired) electrons.